The number of carbonyl (C=O) groups is 1. The van der Waals surface area contributed by atoms with E-state index in [-0.39, 0.29) is 4.90 Å². The minimum absolute atomic E-state index is 0.0353. The van der Waals surface area contributed by atoms with Crippen LogP contribution in [0, 0.1) is 0 Å². The Labute approximate surface area is 102 Å². The number of amides is 2. The Bertz CT molecular complexity index is 487. The fourth-order valence-corrected chi connectivity index (χ4v) is 2.54. The molecule has 0 atom stereocenters. The summed E-state index contributed by atoms with van der Waals surface area (Å²) in [6, 6.07) is 5.37. The monoisotopic (exact) mass is 306 g/mol. The summed E-state index contributed by atoms with van der Waals surface area (Å²) in [5.74, 6) is 0. The second kappa shape index (κ2) is 5.31. The SMILES string of the molecule is CCNC(=O)NS(=O)(=O)c1cccc(Br)c1. The third kappa shape index (κ3) is 3.49. The molecule has 0 aromatic heterocycles. The molecule has 2 amide bonds. The van der Waals surface area contributed by atoms with Crippen LogP contribution in [0.5, 0.6) is 0 Å². The Morgan fingerprint density at radius 3 is 2.69 bits per heavy atom. The third-order valence-corrected chi connectivity index (χ3v) is 3.49. The van der Waals surface area contributed by atoms with Gasteiger partial charge in [-0.05, 0) is 25.1 Å². The Kier molecular flexibility index (Phi) is 4.31. The van der Waals surface area contributed by atoms with E-state index in [9.17, 15) is 13.2 Å². The van der Waals surface area contributed by atoms with E-state index in [1.807, 2.05) is 4.72 Å². The van der Waals surface area contributed by atoms with Gasteiger partial charge in [0.1, 0.15) is 0 Å². The summed E-state index contributed by atoms with van der Waals surface area (Å²) in [5, 5.41) is 2.35. The van der Waals surface area contributed by atoms with Crippen molar-refractivity contribution in [2.24, 2.45) is 0 Å². The number of benzene rings is 1. The van der Waals surface area contributed by atoms with Gasteiger partial charge < -0.3 is 5.32 Å². The van der Waals surface area contributed by atoms with Crippen molar-refractivity contribution in [3.05, 3.63) is 28.7 Å². The second-order valence-corrected chi connectivity index (χ2v) is 5.52. The van der Waals surface area contributed by atoms with Crippen molar-refractivity contribution in [1.29, 1.82) is 0 Å². The van der Waals surface area contributed by atoms with Gasteiger partial charge in [-0.2, -0.15) is 0 Å². The molecule has 1 aromatic carbocycles. The fourth-order valence-electron chi connectivity index (χ4n) is 1.01. The smallest absolute Gasteiger partial charge is 0.328 e. The molecule has 0 heterocycles. The first-order chi connectivity index (χ1) is 7.45. The van der Waals surface area contributed by atoms with Crippen LogP contribution in [0.1, 0.15) is 6.92 Å². The zero-order chi connectivity index (χ0) is 12.2. The van der Waals surface area contributed by atoms with Crippen molar-refractivity contribution >= 4 is 32.0 Å². The Morgan fingerprint density at radius 2 is 2.12 bits per heavy atom. The Balaban J connectivity index is 2.90. The van der Waals surface area contributed by atoms with Crippen molar-refractivity contribution in [2.45, 2.75) is 11.8 Å². The van der Waals surface area contributed by atoms with Crippen molar-refractivity contribution in [3.8, 4) is 0 Å². The summed E-state index contributed by atoms with van der Waals surface area (Å²) in [6.07, 6.45) is 0. The van der Waals surface area contributed by atoms with Crippen LogP contribution >= 0.6 is 15.9 Å². The quantitative estimate of drug-likeness (QED) is 0.887. The molecule has 0 saturated carbocycles. The van der Waals surface area contributed by atoms with Crippen molar-refractivity contribution in [3.63, 3.8) is 0 Å². The highest BCUT2D eigenvalue weighted by molar-refractivity contribution is 9.10. The minimum Gasteiger partial charge on any atom is -0.338 e. The molecule has 0 radical (unpaired) electrons. The van der Waals surface area contributed by atoms with Gasteiger partial charge in [0.2, 0.25) is 0 Å². The van der Waals surface area contributed by atoms with Crippen molar-refractivity contribution in [1.82, 2.24) is 10.0 Å². The average molecular weight is 307 g/mol. The maximum absolute atomic E-state index is 11.7. The lowest BCUT2D eigenvalue weighted by molar-refractivity contribution is 0.246. The molecular formula is C9H11BrN2O3S. The van der Waals surface area contributed by atoms with Gasteiger partial charge in [0.15, 0.2) is 0 Å². The van der Waals surface area contributed by atoms with Crippen LogP contribution < -0.4 is 10.0 Å². The highest BCUT2D eigenvalue weighted by Crippen LogP contribution is 2.15. The highest BCUT2D eigenvalue weighted by atomic mass is 79.9. The molecule has 0 bridgehead atoms. The van der Waals surface area contributed by atoms with Crippen LogP contribution in [0.2, 0.25) is 0 Å². The first-order valence-electron chi connectivity index (χ1n) is 4.52. The first kappa shape index (κ1) is 13.0. The number of hydrogen-bond donors (Lipinski definition) is 2. The summed E-state index contributed by atoms with van der Waals surface area (Å²) in [4.78, 5) is 11.1. The highest BCUT2D eigenvalue weighted by Gasteiger charge is 2.16. The molecule has 16 heavy (non-hydrogen) atoms. The van der Waals surface area contributed by atoms with Gasteiger partial charge in [0.25, 0.3) is 10.0 Å². The number of halogens is 1. The van der Waals surface area contributed by atoms with E-state index < -0.39 is 16.1 Å². The molecular weight excluding hydrogens is 296 g/mol. The zero-order valence-electron chi connectivity index (χ0n) is 8.53. The van der Waals surface area contributed by atoms with Crippen LogP contribution in [0.15, 0.2) is 33.6 Å². The Morgan fingerprint density at radius 1 is 1.44 bits per heavy atom. The predicted molar refractivity (Wildman–Crippen MR) is 63.5 cm³/mol. The second-order valence-electron chi connectivity index (χ2n) is 2.92. The normalized spacial score (nSPS) is 10.9. The van der Waals surface area contributed by atoms with E-state index in [4.69, 9.17) is 0 Å². The number of rotatable bonds is 3. The first-order valence-corrected chi connectivity index (χ1v) is 6.79. The average Bonchev–Trinajstić information content (AvgIpc) is 2.17. The van der Waals surface area contributed by atoms with Gasteiger partial charge in [-0.15, -0.1) is 0 Å². The number of carbonyl (C=O) groups excluding carboxylic acids is 1. The van der Waals surface area contributed by atoms with E-state index >= 15 is 0 Å². The molecule has 0 saturated heterocycles. The van der Waals surface area contributed by atoms with Gasteiger partial charge in [-0.25, -0.2) is 17.9 Å². The lowest BCUT2D eigenvalue weighted by Crippen LogP contribution is -2.39. The minimum atomic E-state index is -3.80. The number of nitrogens with one attached hydrogen (secondary N) is 2. The molecule has 0 aliphatic heterocycles. The maximum atomic E-state index is 11.7. The van der Waals surface area contributed by atoms with Crippen molar-refractivity contribution < 1.29 is 13.2 Å². The van der Waals surface area contributed by atoms with Crippen LogP contribution in [-0.4, -0.2) is 21.0 Å². The van der Waals surface area contributed by atoms with Gasteiger partial charge in [-0.1, -0.05) is 22.0 Å². The molecule has 0 fully saturated rings. The van der Waals surface area contributed by atoms with E-state index in [1.165, 1.54) is 12.1 Å². The van der Waals surface area contributed by atoms with E-state index in [0.29, 0.717) is 11.0 Å². The van der Waals surface area contributed by atoms with Crippen LogP contribution in [0.3, 0.4) is 0 Å². The molecule has 2 N–H and O–H groups in total. The molecule has 88 valence electrons. The van der Waals surface area contributed by atoms with Gasteiger partial charge in [-0.3, -0.25) is 0 Å². The molecule has 5 nitrogen and oxygen atoms in total. The molecule has 1 aromatic rings. The third-order valence-electron chi connectivity index (χ3n) is 1.67. The topological polar surface area (TPSA) is 75.3 Å². The molecule has 0 unspecified atom stereocenters. The van der Waals surface area contributed by atoms with E-state index in [0.717, 1.165) is 0 Å². The van der Waals surface area contributed by atoms with Crippen molar-refractivity contribution in [2.75, 3.05) is 6.54 Å². The fraction of sp³-hybridized carbons (Fsp3) is 0.222. The molecule has 0 aliphatic carbocycles. The molecule has 0 spiro atoms. The van der Waals surface area contributed by atoms with Crippen LogP contribution in [0.25, 0.3) is 0 Å². The summed E-state index contributed by atoms with van der Waals surface area (Å²) < 4.78 is 25.9. The van der Waals surface area contributed by atoms with Crippen LogP contribution in [-0.2, 0) is 10.0 Å². The summed E-state index contributed by atoms with van der Waals surface area (Å²) in [5.41, 5.74) is 0. The lowest BCUT2D eigenvalue weighted by atomic mass is 10.4. The lowest BCUT2D eigenvalue weighted by Gasteiger charge is -2.07. The molecule has 0 aliphatic rings. The standard InChI is InChI=1S/C9H11BrN2O3S/c1-2-11-9(13)12-16(14,15)8-5-3-4-7(10)6-8/h3-6H,2H2,1H3,(H2,11,12,13). The number of urea groups is 1. The van der Waals surface area contributed by atoms with Crippen LogP contribution in [0.4, 0.5) is 4.79 Å². The van der Waals surface area contributed by atoms with Gasteiger partial charge >= 0.3 is 6.03 Å². The Hall–Kier alpha value is -1.08. The summed E-state index contributed by atoms with van der Waals surface area (Å²) >= 11 is 3.16. The maximum Gasteiger partial charge on any atom is 0.328 e. The molecule has 1 rings (SSSR count). The van der Waals surface area contributed by atoms with Gasteiger partial charge in [0, 0.05) is 11.0 Å². The number of sulfonamides is 1. The van der Waals surface area contributed by atoms with E-state index in [1.54, 1.807) is 19.1 Å². The number of hydrogen-bond acceptors (Lipinski definition) is 3. The molecule has 7 heteroatoms. The predicted octanol–water partition coefficient (Wildman–Crippen LogP) is 1.46. The summed E-state index contributed by atoms with van der Waals surface area (Å²) in [6.45, 7) is 2.06. The largest absolute Gasteiger partial charge is 0.338 e. The van der Waals surface area contributed by atoms with Gasteiger partial charge in [0.05, 0.1) is 4.90 Å². The van der Waals surface area contributed by atoms with E-state index in [2.05, 4.69) is 21.2 Å². The summed E-state index contributed by atoms with van der Waals surface area (Å²) in [7, 11) is -3.80. The zero-order valence-corrected chi connectivity index (χ0v) is 10.9.